The number of esters is 1. The second kappa shape index (κ2) is 6.50. The van der Waals surface area contributed by atoms with Crippen LogP contribution in [0.25, 0.3) is 0 Å². The van der Waals surface area contributed by atoms with E-state index in [1.807, 2.05) is 0 Å². The molecule has 8 heteroatoms. The van der Waals surface area contributed by atoms with Crippen molar-refractivity contribution in [1.82, 2.24) is 15.1 Å². The molecule has 8 nitrogen and oxygen atoms in total. The van der Waals surface area contributed by atoms with Gasteiger partial charge in [0.2, 0.25) is 5.89 Å². The lowest BCUT2D eigenvalue weighted by atomic mass is 10.2. The van der Waals surface area contributed by atoms with Gasteiger partial charge in [0, 0.05) is 19.2 Å². The van der Waals surface area contributed by atoms with Crippen LogP contribution in [-0.4, -0.2) is 34.2 Å². The van der Waals surface area contributed by atoms with Gasteiger partial charge in [0.15, 0.2) is 6.33 Å². The summed E-state index contributed by atoms with van der Waals surface area (Å²) in [5.74, 6) is 0.472. The van der Waals surface area contributed by atoms with Gasteiger partial charge in [-0.05, 0) is 13.0 Å². The minimum atomic E-state index is -0.465. The van der Waals surface area contributed by atoms with E-state index in [-0.39, 0.29) is 5.69 Å². The third-order valence-corrected chi connectivity index (χ3v) is 2.52. The molecule has 3 N–H and O–H groups in total. The number of nitrogens with one attached hydrogen (secondary N) is 1. The summed E-state index contributed by atoms with van der Waals surface area (Å²) in [6, 6.07) is 1.52. The number of rotatable bonds is 6. The predicted molar refractivity (Wildman–Crippen MR) is 71.1 cm³/mol. The molecule has 0 radical (unpaired) electrons. The van der Waals surface area contributed by atoms with Crippen LogP contribution in [0.3, 0.4) is 0 Å². The highest BCUT2D eigenvalue weighted by Gasteiger charge is 2.14. The van der Waals surface area contributed by atoms with Crippen LogP contribution in [0.2, 0.25) is 0 Å². The Labute approximate surface area is 115 Å². The second-order valence-electron chi connectivity index (χ2n) is 3.85. The van der Waals surface area contributed by atoms with Gasteiger partial charge in [-0.2, -0.15) is 4.98 Å². The number of nitrogens with two attached hydrogens (primary N) is 1. The standard InChI is InChI=1S/C12H15N5O3/c1-2-19-12(18)8-3-5-14-11(10(8)13)15-6-4-9-16-7-17-20-9/h3,5,7H,2,4,6,13H2,1H3,(H,14,15). The zero-order valence-electron chi connectivity index (χ0n) is 11.0. The molecule has 2 heterocycles. The quantitative estimate of drug-likeness (QED) is 0.747. The second-order valence-corrected chi connectivity index (χ2v) is 3.85. The normalized spacial score (nSPS) is 10.2. The van der Waals surface area contributed by atoms with Crippen LogP contribution >= 0.6 is 0 Å². The number of hydrogen-bond acceptors (Lipinski definition) is 8. The Balaban J connectivity index is 2.01. The molecule has 0 aliphatic heterocycles. The van der Waals surface area contributed by atoms with Crippen molar-refractivity contribution in [2.24, 2.45) is 0 Å². The van der Waals surface area contributed by atoms with Crippen molar-refractivity contribution in [2.75, 3.05) is 24.2 Å². The van der Waals surface area contributed by atoms with E-state index in [2.05, 4.69) is 20.4 Å². The van der Waals surface area contributed by atoms with Gasteiger partial charge in [-0.25, -0.2) is 9.78 Å². The monoisotopic (exact) mass is 277 g/mol. The highest BCUT2D eigenvalue weighted by molar-refractivity contribution is 5.97. The van der Waals surface area contributed by atoms with Gasteiger partial charge in [-0.3, -0.25) is 0 Å². The van der Waals surface area contributed by atoms with Crippen molar-refractivity contribution >= 4 is 17.5 Å². The summed E-state index contributed by atoms with van der Waals surface area (Å²) >= 11 is 0. The van der Waals surface area contributed by atoms with E-state index in [1.165, 1.54) is 18.6 Å². The van der Waals surface area contributed by atoms with E-state index >= 15 is 0 Å². The lowest BCUT2D eigenvalue weighted by molar-refractivity contribution is 0.0527. The molecule has 20 heavy (non-hydrogen) atoms. The van der Waals surface area contributed by atoms with Gasteiger partial charge < -0.3 is 20.3 Å². The molecule has 0 aliphatic rings. The van der Waals surface area contributed by atoms with Crippen molar-refractivity contribution in [3.05, 3.63) is 30.0 Å². The summed E-state index contributed by atoms with van der Waals surface area (Å²) < 4.78 is 9.79. The Morgan fingerprint density at radius 1 is 1.50 bits per heavy atom. The topological polar surface area (TPSA) is 116 Å². The molecular formula is C12H15N5O3. The molecule has 0 spiro atoms. The van der Waals surface area contributed by atoms with Crippen LogP contribution in [0, 0.1) is 0 Å². The molecule has 0 saturated carbocycles. The Kier molecular flexibility index (Phi) is 4.48. The van der Waals surface area contributed by atoms with Crippen LogP contribution in [0.4, 0.5) is 11.5 Å². The van der Waals surface area contributed by atoms with E-state index < -0.39 is 5.97 Å². The van der Waals surface area contributed by atoms with E-state index in [1.54, 1.807) is 6.92 Å². The number of anilines is 2. The largest absolute Gasteiger partial charge is 0.462 e. The first kappa shape index (κ1) is 13.8. The van der Waals surface area contributed by atoms with Gasteiger partial charge in [0.1, 0.15) is 5.82 Å². The van der Waals surface area contributed by atoms with Crippen LogP contribution < -0.4 is 11.1 Å². The fraction of sp³-hybridized carbons (Fsp3) is 0.333. The Hall–Kier alpha value is -2.64. The van der Waals surface area contributed by atoms with Crippen molar-refractivity contribution in [2.45, 2.75) is 13.3 Å². The van der Waals surface area contributed by atoms with Crippen LogP contribution in [0.5, 0.6) is 0 Å². The molecule has 0 saturated heterocycles. The van der Waals surface area contributed by atoms with Crippen molar-refractivity contribution < 1.29 is 14.1 Å². The summed E-state index contributed by atoms with van der Waals surface area (Å²) in [5.41, 5.74) is 6.45. The van der Waals surface area contributed by atoms with Gasteiger partial charge in [0.05, 0.1) is 17.9 Å². The predicted octanol–water partition coefficient (Wildman–Crippen LogP) is 0.878. The zero-order valence-corrected chi connectivity index (χ0v) is 11.0. The number of carbonyl (C=O) groups excluding carboxylic acids is 1. The summed E-state index contributed by atoms with van der Waals surface area (Å²) in [5, 5.41) is 6.52. The number of aromatic nitrogens is 3. The summed E-state index contributed by atoms with van der Waals surface area (Å²) in [7, 11) is 0. The molecule has 0 atom stereocenters. The van der Waals surface area contributed by atoms with Gasteiger partial charge in [0.25, 0.3) is 0 Å². The molecule has 0 fully saturated rings. The number of carbonyl (C=O) groups is 1. The molecule has 2 aromatic rings. The number of nitrogen functional groups attached to an aromatic ring is 1. The fourth-order valence-electron chi connectivity index (χ4n) is 1.59. The lowest BCUT2D eigenvalue weighted by Crippen LogP contribution is -2.13. The summed E-state index contributed by atoms with van der Waals surface area (Å²) in [6.45, 7) is 2.53. The third-order valence-electron chi connectivity index (χ3n) is 2.52. The highest BCUT2D eigenvalue weighted by Crippen LogP contribution is 2.20. The Morgan fingerprint density at radius 2 is 2.35 bits per heavy atom. The zero-order chi connectivity index (χ0) is 14.4. The minimum Gasteiger partial charge on any atom is -0.462 e. The minimum absolute atomic E-state index is 0.261. The van der Waals surface area contributed by atoms with Gasteiger partial charge in [-0.1, -0.05) is 5.16 Å². The SMILES string of the molecule is CCOC(=O)c1ccnc(NCCc2ncno2)c1N. The molecule has 106 valence electrons. The molecular weight excluding hydrogens is 262 g/mol. The Bertz CT molecular complexity index is 570. The molecule has 0 unspecified atom stereocenters. The maximum absolute atomic E-state index is 11.7. The lowest BCUT2D eigenvalue weighted by Gasteiger charge is -2.10. The smallest absolute Gasteiger partial charge is 0.340 e. The van der Waals surface area contributed by atoms with E-state index in [4.69, 9.17) is 15.0 Å². The highest BCUT2D eigenvalue weighted by atomic mass is 16.5. The molecule has 0 amide bonds. The molecule has 2 rings (SSSR count). The third kappa shape index (κ3) is 3.22. The number of hydrogen-bond donors (Lipinski definition) is 2. The Morgan fingerprint density at radius 3 is 3.05 bits per heavy atom. The average molecular weight is 277 g/mol. The summed E-state index contributed by atoms with van der Waals surface area (Å²) in [4.78, 5) is 19.7. The summed E-state index contributed by atoms with van der Waals surface area (Å²) in [6.07, 6.45) is 3.37. The maximum atomic E-state index is 11.7. The number of pyridine rings is 1. The van der Waals surface area contributed by atoms with E-state index in [0.717, 1.165) is 0 Å². The molecule has 0 aromatic carbocycles. The van der Waals surface area contributed by atoms with Crippen molar-refractivity contribution in [3.63, 3.8) is 0 Å². The number of ether oxygens (including phenoxy) is 1. The molecule has 0 aliphatic carbocycles. The van der Waals surface area contributed by atoms with Crippen LogP contribution in [0.1, 0.15) is 23.2 Å². The van der Waals surface area contributed by atoms with Crippen LogP contribution in [-0.2, 0) is 11.2 Å². The first-order valence-corrected chi connectivity index (χ1v) is 6.13. The first-order chi connectivity index (χ1) is 9.72. The molecule has 0 bridgehead atoms. The van der Waals surface area contributed by atoms with E-state index in [9.17, 15) is 4.79 Å². The van der Waals surface area contributed by atoms with Crippen molar-refractivity contribution in [1.29, 1.82) is 0 Å². The van der Waals surface area contributed by atoms with E-state index in [0.29, 0.717) is 36.8 Å². The van der Waals surface area contributed by atoms with Gasteiger partial charge in [-0.15, -0.1) is 0 Å². The maximum Gasteiger partial charge on any atom is 0.340 e. The fourth-order valence-corrected chi connectivity index (χ4v) is 1.59. The van der Waals surface area contributed by atoms with Gasteiger partial charge >= 0.3 is 5.97 Å². The molecule has 2 aromatic heterocycles. The average Bonchev–Trinajstić information content (AvgIpc) is 2.94. The van der Waals surface area contributed by atoms with Crippen molar-refractivity contribution in [3.8, 4) is 0 Å². The number of nitrogens with zero attached hydrogens (tertiary/aromatic N) is 3. The first-order valence-electron chi connectivity index (χ1n) is 6.13. The van der Waals surface area contributed by atoms with Crippen LogP contribution in [0.15, 0.2) is 23.1 Å².